The lowest BCUT2D eigenvalue weighted by Gasteiger charge is -2.43. The number of hydrogen-bond acceptors (Lipinski definition) is 5. The van der Waals surface area contributed by atoms with Crippen molar-refractivity contribution in [2.24, 2.45) is 23.2 Å². The Labute approximate surface area is 165 Å². The maximum atomic E-state index is 12.7. The van der Waals surface area contributed by atoms with Crippen molar-refractivity contribution in [3.05, 3.63) is 0 Å². The van der Waals surface area contributed by atoms with E-state index in [0.29, 0.717) is 19.1 Å². The summed E-state index contributed by atoms with van der Waals surface area (Å²) in [6.07, 6.45) is 2.48. The highest BCUT2D eigenvalue weighted by Crippen LogP contribution is 2.56. The van der Waals surface area contributed by atoms with Crippen molar-refractivity contribution in [3.63, 3.8) is 0 Å². The standard InChI is InChI=1S/C21H38O5Si/c1-19(2,3)27(7,8)26-16-9-14-10-21(24-12-20(4,5)13-25-21)11-15(14)17(16)18(22)23-6/h14-17H,9-13H2,1-8H3/t14-,15+,16-,17-/m1/s1. The van der Waals surface area contributed by atoms with E-state index >= 15 is 0 Å². The lowest BCUT2D eigenvalue weighted by Crippen LogP contribution is -2.48. The maximum absolute atomic E-state index is 12.7. The lowest BCUT2D eigenvalue weighted by atomic mass is 9.90. The molecular weight excluding hydrogens is 360 g/mol. The molecule has 0 bridgehead atoms. The second-order valence-corrected chi connectivity index (χ2v) is 15.9. The predicted octanol–water partition coefficient (Wildman–Crippen LogP) is 4.37. The summed E-state index contributed by atoms with van der Waals surface area (Å²) >= 11 is 0. The van der Waals surface area contributed by atoms with Crippen LogP contribution in [-0.4, -0.2) is 46.5 Å². The number of esters is 1. The number of rotatable bonds is 3. The topological polar surface area (TPSA) is 54.0 Å². The number of carbonyl (C=O) groups is 1. The van der Waals surface area contributed by atoms with Crippen LogP contribution in [0.25, 0.3) is 0 Å². The fraction of sp³-hybridized carbons (Fsp3) is 0.952. The van der Waals surface area contributed by atoms with E-state index < -0.39 is 14.1 Å². The molecular formula is C21H38O5Si. The summed E-state index contributed by atoms with van der Waals surface area (Å²) in [6.45, 7) is 17.0. The van der Waals surface area contributed by atoms with Crippen LogP contribution in [0.1, 0.15) is 53.9 Å². The molecule has 27 heavy (non-hydrogen) atoms. The maximum Gasteiger partial charge on any atom is 0.311 e. The summed E-state index contributed by atoms with van der Waals surface area (Å²) in [7, 11) is -0.470. The Morgan fingerprint density at radius 3 is 2.22 bits per heavy atom. The summed E-state index contributed by atoms with van der Waals surface area (Å²) in [5.41, 5.74) is 0.0542. The first-order valence-electron chi connectivity index (χ1n) is 10.3. The third-order valence-corrected chi connectivity index (χ3v) is 11.8. The molecule has 1 heterocycles. The summed E-state index contributed by atoms with van der Waals surface area (Å²) in [6, 6.07) is 0. The van der Waals surface area contributed by atoms with Gasteiger partial charge >= 0.3 is 5.97 Å². The third kappa shape index (κ3) is 4.00. The fourth-order valence-corrected chi connectivity index (χ4v) is 6.02. The molecule has 1 spiro atoms. The molecule has 3 fully saturated rings. The zero-order valence-corrected chi connectivity index (χ0v) is 19.4. The molecule has 0 N–H and O–H groups in total. The van der Waals surface area contributed by atoms with Gasteiger partial charge in [-0.3, -0.25) is 4.79 Å². The summed E-state index contributed by atoms with van der Waals surface area (Å²) in [4.78, 5) is 12.7. The smallest absolute Gasteiger partial charge is 0.311 e. The zero-order valence-electron chi connectivity index (χ0n) is 18.4. The Bertz CT molecular complexity index is 570. The van der Waals surface area contributed by atoms with E-state index in [4.69, 9.17) is 18.6 Å². The Kier molecular flexibility index (Phi) is 5.37. The van der Waals surface area contributed by atoms with Crippen molar-refractivity contribution < 1.29 is 23.4 Å². The molecule has 1 aliphatic heterocycles. The van der Waals surface area contributed by atoms with Crippen LogP contribution in [0.3, 0.4) is 0 Å². The predicted molar refractivity (Wildman–Crippen MR) is 107 cm³/mol. The van der Waals surface area contributed by atoms with Crippen LogP contribution in [0.15, 0.2) is 0 Å². The highest BCUT2D eigenvalue weighted by molar-refractivity contribution is 6.74. The first-order valence-corrected chi connectivity index (χ1v) is 13.2. The van der Waals surface area contributed by atoms with Crippen molar-refractivity contribution in [2.45, 2.75) is 83.9 Å². The van der Waals surface area contributed by atoms with Gasteiger partial charge in [0.25, 0.3) is 0 Å². The van der Waals surface area contributed by atoms with Crippen LogP contribution >= 0.6 is 0 Å². The van der Waals surface area contributed by atoms with E-state index in [-0.39, 0.29) is 34.4 Å². The summed E-state index contributed by atoms with van der Waals surface area (Å²) in [5.74, 6) is -0.257. The minimum Gasteiger partial charge on any atom is -0.469 e. The van der Waals surface area contributed by atoms with Gasteiger partial charge in [0.05, 0.1) is 32.3 Å². The second-order valence-electron chi connectivity index (χ2n) is 11.2. The Hall–Kier alpha value is -0.433. The van der Waals surface area contributed by atoms with Gasteiger partial charge in [0.15, 0.2) is 14.1 Å². The van der Waals surface area contributed by atoms with Gasteiger partial charge in [-0.2, -0.15) is 0 Å². The van der Waals surface area contributed by atoms with Crippen LogP contribution in [0.2, 0.25) is 18.1 Å². The van der Waals surface area contributed by atoms with Gasteiger partial charge in [0.2, 0.25) is 0 Å². The van der Waals surface area contributed by atoms with Crippen LogP contribution in [0.4, 0.5) is 0 Å². The van der Waals surface area contributed by atoms with Gasteiger partial charge in [0, 0.05) is 18.3 Å². The van der Waals surface area contributed by atoms with E-state index in [2.05, 4.69) is 47.7 Å². The number of carbonyl (C=O) groups excluding carboxylic acids is 1. The van der Waals surface area contributed by atoms with Gasteiger partial charge in [-0.05, 0) is 36.4 Å². The minimum atomic E-state index is -1.96. The van der Waals surface area contributed by atoms with Gasteiger partial charge in [0.1, 0.15) is 0 Å². The largest absolute Gasteiger partial charge is 0.469 e. The van der Waals surface area contributed by atoms with Crippen molar-refractivity contribution in [3.8, 4) is 0 Å². The first kappa shape index (κ1) is 21.3. The number of methoxy groups -OCH3 is 1. The van der Waals surface area contributed by atoms with Crippen molar-refractivity contribution >= 4 is 14.3 Å². The SMILES string of the molecule is COC(=O)[C@@H]1[C@H]2CC3(C[C@H]2C[C@H]1O[Si](C)(C)C(C)(C)C)OCC(C)(C)CO3. The van der Waals surface area contributed by atoms with Gasteiger partial charge in [-0.25, -0.2) is 0 Å². The fourth-order valence-electron chi connectivity index (χ4n) is 4.67. The third-order valence-electron chi connectivity index (χ3n) is 7.30. The average molecular weight is 399 g/mol. The van der Waals surface area contributed by atoms with Crippen LogP contribution in [0.5, 0.6) is 0 Å². The molecule has 6 heteroatoms. The van der Waals surface area contributed by atoms with Crippen molar-refractivity contribution in [2.75, 3.05) is 20.3 Å². The zero-order chi connectivity index (χ0) is 20.3. The molecule has 0 amide bonds. The molecule has 0 aromatic carbocycles. The normalized spacial score (nSPS) is 35.3. The average Bonchev–Trinajstić information content (AvgIpc) is 3.02. The highest BCUT2D eigenvalue weighted by atomic mass is 28.4. The lowest BCUT2D eigenvalue weighted by molar-refractivity contribution is -0.298. The molecule has 0 aromatic heterocycles. The number of hydrogen-bond donors (Lipinski definition) is 0. The quantitative estimate of drug-likeness (QED) is 0.522. The Morgan fingerprint density at radius 1 is 1.11 bits per heavy atom. The first-order chi connectivity index (χ1) is 12.3. The van der Waals surface area contributed by atoms with Crippen LogP contribution < -0.4 is 0 Å². The van der Waals surface area contributed by atoms with E-state index in [0.717, 1.165) is 19.3 Å². The molecule has 5 nitrogen and oxygen atoms in total. The molecule has 3 aliphatic rings. The minimum absolute atomic E-state index is 0.0503. The molecule has 2 saturated carbocycles. The molecule has 3 rings (SSSR count). The van der Waals surface area contributed by atoms with Gasteiger partial charge < -0.3 is 18.6 Å². The van der Waals surface area contributed by atoms with Crippen molar-refractivity contribution in [1.29, 1.82) is 0 Å². The van der Waals surface area contributed by atoms with E-state index in [1.165, 1.54) is 7.11 Å². The van der Waals surface area contributed by atoms with Crippen LogP contribution in [-0.2, 0) is 23.4 Å². The molecule has 0 radical (unpaired) electrons. The number of fused-ring (bicyclic) bond motifs is 1. The van der Waals surface area contributed by atoms with Gasteiger partial charge in [-0.15, -0.1) is 0 Å². The van der Waals surface area contributed by atoms with E-state index in [1.54, 1.807) is 0 Å². The van der Waals surface area contributed by atoms with E-state index in [9.17, 15) is 4.79 Å². The van der Waals surface area contributed by atoms with Crippen LogP contribution in [0, 0.1) is 23.2 Å². The Morgan fingerprint density at radius 2 is 1.70 bits per heavy atom. The second kappa shape index (κ2) is 6.82. The summed E-state index contributed by atoms with van der Waals surface area (Å²) in [5, 5.41) is 0.119. The molecule has 4 atom stereocenters. The molecule has 156 valence electrons. The molecule has 1 saturated heterocycles. The molecule has 0 unspecified atom stereocenters. The monoisotopic (exact) mass is 398 g/mol. The van der Waals surface area contributed by atoms with Crippen molar-refractivity contribution in [1.82, 2.24) is 0 Å². The Balaban J connectivity index is 1.76. The highest BCUT2D eigenvalue weighted by Gasteiger charge is 2.60. The summed E-state index contributed by atoms with van der Waals surface area (Å²) < 4.78 is 24.3. The number of ether oxygens (including phenoxy) is 3. The van der Waals surface area contributed by atoms with Gasteiger partial charge in [-0.1, -0.05) is 34.6 Å². The molecule has 0 aromatic rings. The molecule has 2 aliphatic carbocycles. The van der Waals surface area contributed by atoms with E-state index in [1.807, 2.05) is 0 Å².